The lowest BCUT2D eigenvalue weighted by Crippen LogP contribution is -2.30. The summed E-state index contributed by atoms with van der Waals surface area (Å²) in [6.45, 7) is 8.78. The van der Waals surface area contributed by atoms with E-state index in [9.17, 15) is 14.7 Å². The smallest absolute Gasteiger partial charge is 0.342 e. The van der Waals surface area contributed by atoms with Gasteiger partial charge in [-0.2, -0.15) is 0 Å². The van der Waals surface area contributed by atoms with Gasteiger partial charge in [-0.3, -0.25) is 0 Å². The Kier molecular flexibility index (Phi) is 7.88. The molecule has 0 aliphatic carbocycles. The summed E-state index contributed by atoms with van der Waals surface area (Å²) in [6.07, 6.45) is 4.40. The molecule has 2 aliphatic heterocycles. The van der Waals surface area contributed by atoms with E-state index in [-0.39, 0.29) is 17.1 Å². The number of aromatic hydroxyl groups is 1. The van der Waals surface area contributed by atoms with Gasteiger partial charge in [0.25, 0.3) is 0 Å². The maximum Gasteiger partial charge on any atom is 0.342 e. The average molecular weight is 472 g/mol. The fraction of sp³-hybridized carbons (Fsp3) is 0.520. The lowest BCUT2D eigenvalue weighted by molar-refractivity contribution is -0.149. The summed E-state index contributed by atoms with van der Waals surface area (Å²) in [5.41, 5.74) is 0.933. The number of phenolic OH excluding ortho intramolecular Hbond substituents is 1. The third kappa shape index (κ3) is 5.70. The van der Waals surface area contributed by atoms with Crippen LogP contribution in [0, 0.1) is 11.8 Å². The molecule has 0 amide bonds. The average Bonchev–Trinajstić information content (AvgIpc) is 3.06. The molecule has 3 rings (SSSR count). The van der Waals surface area contributed by atoms with Crippen molar-refractivity contribution in [1.29, 1.82) is 0 Å². The molecular weight excluding hydrogens is 440 g/mol. The van der Waals surface area contributed by atoms with Gasteiger partial charge in [0.05, 0.1) is 12.2 Å². The Bertz CT molecular complexity index is 994. The first-order valence-corrected chi connectivity index (χ1v) is 11.4. The zero-order valence-corrected chi connectivity index (χ0v) is 20.4. The molecule has 1 N–H and O–H groups in total. The Labute approximate surface area is 200 Å². The highest BCUT2D eigenvalue weighted by Gasteiger charge is 2.44. The molecule has 5 atom stereocenters. The van der Waals surface area contributed by atoms with Crippen molar-refractivity contribution in [2.24, 2.45) is 11.8 Å². The summed E-state index contributed by atoms with van der Waals surface area (Å²) >= 11 is 0. The van der Waals surface area contributed by atoms with E-state index in [2.05, 4.69) is 0 Å². The van der Waals surface area contributed by atoms with Crippen LogP contribution in [0.25, 0.3) is 6.08 Å². The van der Waals surface area contributed by atoms with Crippen molar-refractivity contribution >= 4 is 31.3 Å². The van der Waals surface area contributed by atoms with Crippen molar-refractivity contribution in [1.82, 2.24) is 0 Å². The van der Waals surface area contributed by atoms with Gasteiger partial charge in [-0.25, -0.2) is 9.18 Å². The molecule has 1 saturated heterocycles. The maximum absolute atomic E-state index is 15.1. The van der Waals surface area contributed by atoms with Crippen molar-refractivity contribution in [3.05, 3.63) is 41.2 Å². The predicted octanol–water partition coefficient (Wildman–Crippen LogP) is 4.25. The minimum absolute atomic E-state index is 0.00565. The molecule has 183 valence electrons. The number of nitrogens with zero attached hydrogens (tertiary/aromatic N) is 1. The Balaban J connectivity index is 2.08. The molecule has 9 heteroatoms. The number of esters is 1. The zero-order valence-electron chi connectivity index (χ0n) is 20.4. The number of carbonyl (C=O) groups is 2. The predicted molar refractivity (Wildman–Crippen MR) is 129 cm³/mol. The van der Waals surface area contributed by atoms with Crippen LogP contribution in [0.2, 0.25) is 0 Å². The van der Waals surface area contributed by atoms with Gasteiger partial charge in [0.2, 0.25) is 0 Å². The molecule has 0 bridgehead atoms. The number of anilines is 1. The first kappa shape index (κ1) is 26.0. The summed E-state index contributed by atoms with van der Waals surface area (Å²) in [5.74, 6) is -3.19. The van der Waals surface area contributed by atoms with E-state index < -0.39 is 41.9 Å². The van der Waals surface area contributed by atoms with Gasteiger partial charge < -0.3 is 28.9 Å². The Morgan fingerprint density at radius 3 is 2.62 bits per heavy atom. The molecule has 1 radical (unpaired) electrons. The largest absolute Gasteiger partial charge is 0.507 e. The summed E-state index contributed by atoms with van der Waals surface area (Å²) in [5, 5.41) is 10.7. The van der Waals surface area contributed by atoms with Gasteiger partial charge in [0.1, 0.15) is 29.4 Å². The molecule has 0 unspecified atom stereocenters. The Hall–Kier alpha value is -2.65. The van der Waals surface area contributed by atoms with Gasteiger partial charge in [0.15, 0.2) is 5.79 Å². The quantitative estimate of drug-likeness (QED) is 0.400. The lowest BCUT2D eigenvalue weighted by atomic mass is 9.92. The second-order valence-corrected chi connectivity index (χ2v) is 9.41. The van der Waals surface area contributed by atoms with Gasteiger partial charge in [0, 0.05) is 23.6 Å². The van der Waals surface area contributed by atoms with Crippen molar-refractivity contribution in [3.8, 4) is 5.75 Å². The minimum Gasteiger partial charge on any atom is -0.507 e. The third-order valence-corrected chi connectivity index (χ3v) is 6.30. The first-order valence-electron chi connectivity index (χ1n) is 11.4. The monoisotopic (exact) mass is 472 g/mol. The maximum atomic E-state index is 15.1. The number of fused-ring (bicyclic) bond motifs is 2. The van der Waals surface area contributed by atoms with Gasteiger partial charge in [-0.15, -0.1) is 0 Å². The fourth-order valence-electron chi connectivity index (χ4n) is 4.20. The van der Waals surface area contributed by atoms with Crippen LogP contribution < -0.4 is 4.81 Å². The van der Waals surface area contributed by atoms with E-state index in [1.54, 1.807) is 59.9 Å². The summed E-state index contributed by atoms with van der Waals surface area (Å²) in [7, 11) is 2.96. The highest BCUT2D eigenvalue weighted by atomic mass is 19.1. The Morgan fingerprint density at radius 1 is 1.24 bits per heavy atom. The van der Waals surface area contributed by atoms with E-state index in [4.69, 9.17) is 14.2 Å². The SMILES string of the molecule is C[C@@H]1/C=C(/F)[C@@H](C)[C@H]2OC(C)(C)O[C@H]2C/C=C/c2cc(N(C)[B]C=O)cc(O)c2C(=O)O[C@H]1C. The lowest BCUT2D eigenvalue weighted by Gasteiger charge is -2.24. The van der Waals surface area contributed by atoms with Crippen molar-refractivity contribution in [3.63, 3.8) is 0 Å². The molecule has 0 saturated carbocycles. The molecular formula is C25H32BFNO6. The van der Waals surface area contributed by atoms with Crippen LogP contribution in [0.4, 0.5) is 10.1 Å². The van der Waals surface area contributed by atoms with Gasteiger partial charge >= 0.3 is 13.4 Å². The summed E-state index contributed by atoms with van der Waals surface area (Å²) < 4.78 is 32.8. The van der Waals surface area contributed by atoms with Crippen LogP contribution in [-0.2, 0) is 19.0 Å². The molecule has 2 aliphatic rings. The number of carbonyl (C=O) groups excluding carboxylic acids is 2. The molecule has 34 heavy (non-hydrogen) atoms. The number of hydrogen-bond donors (Lipinski definition) is 1. The number of halogens is 1. The molecule has 7 nitrogen and oxygen atoms in total. The third-order valence-electron chi connectivity index (χ3n) is 6.30. The molecule has 0 spiro atoms. The number of hydrogen-bond acceptors (Lipinski definition) is 7. The van der Waals surface area contributed by atoms with E-state index in [1.165, 1.54) is 24.4 Å². The van der Waals surface area contributed by atoms with E-state index in [0.29, 0.717) is 23.9 Å². The van der Waals surface area contributed by atoms with Crippen molar-refractivity contribution in [2.75, 3.05) is 11.9 Å². The van der Waals surface area contributed by atoms with Crippen LogP contribution in [0.3, 0.4) is 0 Å². The van der Waals surface area contributed by atoms with Gasteiger partial charge in [-0.05, 0) is 51.9 Å². The number of cyclic esters (lactones) is 1. The van der Waals surface area contributed by atoms with E-state index in [0.717, 1.165) is 0 Å². The summed E-state index contributed by atoms with van der Waals surface area (Å²) in [4.78, 5) is 25.5. The number of phenols is 1. The van der Waals surface area contributed by atoms with Crippen LogP contribution >= 0.6 is 0 Å². The second-order valence-electron chi connectivity index (χ2n) is 9.41. The number of benzene rings is 1. The van der Waals surface area contributed by atoms with Crippen molar-refractivity contribution < 1.29 is 33.3 Å². The normalized spacial score (nSPS) is 31.7. The highest BCUT2D eigenvalue weighted by molar-refractivity contribution is 6.70. The zero-order chi connectivity index (χ0) is 25.2. The molecule has 1 aromatic carbocycles. The standard InChI is InChI=1S/C25H32BFNO6/c1-14-10-19(27)15(2)23-21(33-25(4,5)34-23)9-7-8-17-11-18(28(6)26-13-29)12-20(30)22(17)24(31)32-16(14)3/h7-8,10-16,21,23,30H,9H2,1-6H3/b8-7+,19-10+/t14-,15-,16+,21+,23-/m1/s1. The topological polar surface area (TPSA) is 85.3 Å². The first-order chi connectivity index (χ1) is 15.9. The van der Waals surface area contributed by atoms with E-state index >= 15 is 4.39 Å². The minimum atomic E-state index is -0.861. The number of ether oxygens (including phenoxy) is 3. The summed E-state index contributed by atoms with van der Waals surface area (Å²) in [6, 6.07) is 3.07. The van der Waals surface area contributed by atoms with Crippen LogP contribution in [0.15, 0.2) is 30.1 Å². The second kappa shape index (κ2) is 10.3. The molecule has 2 heterocycles. The van der Waals surface area contributed by atoms with Crippen LogP contribution in [-0.4, -0.2) is 55.8 Å². The Morgan fingerprint density at radius 2 is 1.94 bits per heavy atom. The molecule has 1 aromatic rings. The number of rotatable bonds is 3. The fourth-order valence-corrected chi connectivity index (χ4v) is 4.20. The van der Waals surface area contributed by atoms with Crippen LogP contribution in [0.5, 0.6) is 5.75 Å². The van der Waals surface area contributed by atoms with E-state index in [1.807, 2.05) is 0 Å². The van der Waals surface area contributed by atoms with Crippen LogP contribution in [0.1, 0.15) is 57.0 Å². The van der Waals surface area contributed by atoms with Gasteiger partial charge in [-0.1, -0.05) is 26.0 Å². The van der Waals surface area contributed by atoms with Crippen molar-refractivity contribution in [2.45, 2.75) is 65.1 Å². The highest BCUT2D eigenvalue weighted by Crippen LogP contribution is 2.38. The molecule has 1 fully saturated rings. The molecule has 0 aromatic heterocycles.